The van der Waals surface area contributed by atoms with Crippen molar-refractivity contribution in [3.63, 3.8) is 0 Å². The molecule has 3 aliphatic carbocycles. The molecule has 0 spiro atoms. The number of carbonyl (C=O) groups is 2. The van der Waals surface area contributed by atoms with E-state index < -0.39 is 0 Å². The van der Waals surface area contributed by atoms with Crippen molar-refractivity contribution in [1.82, 2.24) is 0 Å². The summed E-state index contributed by atoms with van der Waals surface area (Å²) in [5.41, 5.74) is 1.05. The summed E-state index contributed by atoms with van der Waals surface area (Å²) in [6, 6.07) is 0. The van der Waals surface area contributed by atoms with E-state index in [4.69, 9.17) is 4.74 Å². The van der Waals surface area contributed by atoms with Crippen molar-refractivity contribution in [3.8, 4) is 0 Å². The molecule has 2 bridgehead atoms. The lowest BCUT2D eigenvalue weighted by atomic mass is 9.48. The molecule has 0 amide bonds. The molecule has 0 saturated heterocycles. The molecule has 3 aliphatic rings. The second-order valence-corrected chi connectivity index (χ2v) is 5.06. The Hall–Kier alpha value is -1.12. The molecular weight excluding hydrogens is 192 g/mol. The van der Waals surface area contributed by atoms with Crippen LogP contribution in [0.4, 0.5) is 0 Å². The second kappa shape index (κ2) is 3.19. The van der Waals surface area contributed by atoms with Crippen LogP contribution >= 0.6 is 0 Å². The van der Waals surface area contributed by atoms with Gasteiger partial charge in [-0.3, -0.25) is 9.59 Å². The molecule has 0 heterocycles. The Morgan fingerprint density at radius 3 is 2.67 bits per heavy atom. The monoisotopic (exact) mass is 208 g/mol. The lowest BCUT2D eigenvalue weighted by Crippen LogP contribution is -2.53. The van der Waals surface area contributed by atoms with Crippen LogP contribution in [0, 0.1) is 17.3 Å². The third-order valence-electron chi connectivity index (χ3n) is 3.83. The van der Waals surface area contributed by atoms with E-state index in [1.54, 1.807) is 6.08 Å². The molecule has 0 aromatic carbocycles. The zero-order chi connectivity index (χ0) is 11.2. The summed E-state index contributed by atoms with van der Waals surface area (Å²) in [5.74, 6) is 0.510. The van der Waals surface area contributed by atoms with E-state index in [2.05, 4.69) is 13.8 Å². The van der Waals surface area contributed by atoms with Gasteiger partial charge in [-0.15, -0.1) is 0 Å². The van der Waals surface area contributed by atoms with Gasteiger partial charge in [0.25, 0.3) is 0 Å². The highest BCUT2D eigenvalue weighted by Gasteiger charge is 2.55. The van der Waals surface area contributed by atoms with E-state index in [0.29, 0.717) is 5.92 Å². The molecule has 0 N–H and O–H groups in total. The molecule has 1 saturated carbocycles. The fraction of sp³-hybridized carbons (Fsp3) is 0.667. The summed E-state index contributed by atoms with van der Waals surface area (Å²) in [6.45, 7) is 5.90. The molecule has 0 aromatic heterocycles. The maximum Gasteiger partial charge on any atom is 0.302 e. The lowest BCUT2D eigenvalue weighted by Gasteiger charge is -2.54. The maximum absolute atomic E-state index is 11.7. The zero-order valence-corrected chi connectivity index (χ0v) is 9.37. The van der Waals surface area contributed by atoms with Crippen LogP contribution in [0.3, 0.4) is 0 Å². The molecule has 0 aliphatic heterocycles. The standard InChI is InChI=1S/C12H16O3/c1-7(13)15-6-8-4-11(14)10-5-9(8)12(10,2)3/h4,9-10H,5-6H2,1-3H3. The molecule has 82 valence electrons. The molecule has 3 heteroatoms. The van der Waals surface area contributed by atoms with Crippen molar-refractivity contribution in [2.75, 3.05) is 6.61 Å². The van der Waals surface area contributed by atoms with E-state index in [-0.39, 0.29) is 29.7 Å². The summed E-state index contributed by atoms with van der Waals surface area (Å²) in [7, 11) is 0. The lowest BCUT2D eigenvalue weighted by molar-refractivity contribution is -0.143. The van der Waals surface area contributed by atoms with Gasteiger partial charge in [-0.25, -0.2) is 0 Å². The average molecular weight is 208 g/mol. The van der Waals surface area contributed by atoms with E-state index in [0.717, 1.165) is 12.0 Å². The Bertz CT molecular complexity index is 352. The highest BCUT2D eigenvalue weighted by Crippen LogP contribution is 2.57. The Morgan fingerprint density at radius 1 is 1.53 bits per heavy atom. The number of fused-ring (bicyclic) bond motifs is 1. The Morgan fingerprint density at radius 2 is 2.20 bits per heavy atom. The third kappa shape index (κ3) is 1.50. The minimum atomic E-state index is -0.289. The van der Waals surface area contributed by atoms with Gasteiger partial charge in [0, 0.05) is 12.8 Å². The summed E-state index contributed by atoms with van der Waals surface area (Å²) < 4.78 is 4.96. The largest absolute Gasteiger partial charge is 0.461 e. The average Bonchev–Trinajstić information content (AvgIpc) is 2.13. The fourth-order valence-electron chi connectivity index (χ4n) is 2.75. The first kappa shape index (κ1) is 10.4. The van der Waals surface area contributed by atoms with E-state index in [1.165, 1.54) is 6.92 Å². The van der Waals surface area contributed by atoms with Crippen molar-refractivity contribution in [2.45, 2.75) is 27.2 Å². The van der Waals surface area contributed by atoms with Crippen molar-refractivity contribution in [1.29, 1.82) is 0 Å². The molecule has 1 fully saturated rings. The van der Waals surface area contributed by atoms with Crippen molar-refractivity contribution >= 4 is 11.8 Å². The third-order valence-corrected chi connectivity index (χ3v) is 3.83. The summed E-state index contributed by atoms with van der Waals surface area (Å²) in [4.78, 5) is 22.4. The van der Waals surface area contributed by atoms with Gasteiger partial charge in [0.2, 0.25) is 0 Å². The number of ether oxygens (including phenoxy) is 1. The Labute approximate surface area is 89.5 Å². The minimum absolute atomic E-state index is 0.0569. The SMILES string of the molecule is CC(=O)OCC1=CC(=O)C2CC1C2(C)C. The van der Waals surface area contributed by atoms with Gasteiger partial charge < -0.3 is 4.74 Å². The normalized spacial score (nSPS) is 31.7. The molecule has 0 radical (unpaired) electrons. The van der Waals surface area contributed by atoms with Crippen LogP contribution < -0.4 is 0 Å². The zero-order valence-electron chi connectivity index (χ0n) is 9.37. The molecule has 15 heavy (non-hydrogen) atoms. The highest BCUT2D eigenvalue weighted by atomic mass is 16.5. The van der Waals surface area contributed by atoms with Gasteiger partial charge in [0.15, 0.2) is 5.78 Å². The topological polar surface area (TPSA) is 43.4 Å². The number of esters is 1. The molecular formula is C12H16O3. The quantitative estimate of drug-likeness (QED) is 0.649. The van der Waals surface area contributed by atoms with Crippen LogP contribution in [0.1, 0.15) is 27.2 Å². The molecule has 0 aromatic rings. The highest BCUT2D eigenvalue weighted by molar-refractivity contribution is 5.96. The van der Waals surface area contributed by atoms with Gasteiger partial charge in [0.05, 0.1) is 0 Å². The molecule has 3 nitrogen and oxygen atoms in total. The van der Waals surface area contributed by atoms with Crippen LogP contribution in [0.5, 0.6) is 0 Å². The summed E-state index contributed by atoms with van der Waals surface area (Å²) in [6.07, 6.45) is 2.60. The predicted molar refractivity (Wildman–Crippen MR) is 55.1 cm³/mol. The number of hydrogen-bond donors (Lipinski definition) is 0. The Kier molecular flexibility index (Phi) is 2.21. The van der Waals surface area contributed by atoms with E-state index >= 15 is 0 Å². The predicted octanol–water partition coefficient (Wildman–Crippen LogP) is 1.72. The molecule has 3 rings (SSSR count). The maximum atomic E-state index is 11.7. The number of rotatable bonds is 2. The molecule has 2 unspecified atom stereocenters. The van der Waals surface area contributed by atoms with E-state index in [1.807, 2.05) is 0 Å². The second-order valence-electron chi connectivity index (χ2n) is 5.06. The first-order valence-corrected chi connectivity index (χ1v) is 5.30. The van der Waals surface area contributed by atoms with Crippen LogP contribution in [0.25, 0.3) is 0 Å². The van der Waals surface area contributed by atoms with Gasteiger partial charge in [-0.2, -0.15) is 0 Å². The van der Waals surface area contributed by atoms with Gasteiger partial charge >= 0.3 is 5.97 Å². The minimum Gasteiger partial charge on any atom is -0.461 e. The summed E-state index contributed by atoms with van der Waals surface area (Å²) >= 11 is 0. The number of hydrogen-bond acceptors (Lipinski definition) is 3. The van der Waals surface area contributed by atoms with Crippen molar-refractivity contribution in [2.24, 2.45) is 17.3 Å². The number of carbonyl (C=O) groups excluding carboxylic acids is 2. The molecule has 2 atom stereocenters. The first-order valence-electron chi connectivity index (χ1n) is 5.30. The van der Waals surface area contributed by atoms with Gasteiger partial charge in [-0.05, 0) is 29.4 Å². The van der Waals surface area contributed by atoms with Crippen molar-refractivity contribution in [3.05, 3.63) is 11.6 Å². The van der Waals surface area contributed by atoms with Gasteiger partial charge in [-0.1, -0.05) is 13.8 Å². The van der Waals surface area contributed by atoms with Gasteiger partial charge in [0.1, 0.15) is 6.61 Å². The van der Waals surface area contributed by atoms with Crippen LogP contribution in [-0.2, 0) is 14.3 Å². The van der Waals surface area contributed by atoms with Crippen LogP contribution in [-0.4, -0.2) is 18.4 Å². The smallest absolute Gasteiger partial charge is 0.302 e. The first-order chi connectivity index (χ1) is 6.93. The fourth-order valence-corrected chi connectivity index (χ4v) is 2.75. The Balaban J connectivity index is 2.13. The van der Waals surface area contributed by atoms with Crippen molar-refractivity contribution < 1.29 is 14.3 Å². The van der Waals surface area contributed by atoms with E-state index in [9.17, 15) is 9.59 Å². The summed E-state index contributed by atoms with van der Waals surface area (Å²) in [5, 5.41) is 0. The van der Waals surface area contributed by atoms with Crippen LogP contribution in [0.2, 0.25) is 0 Å². The number of allylic oxidation sites excluding steroid dienone is 1. The number of ketones is 1. The van der Waals surface area contributed by atoms with Crippen LogP contribution in [0.15, 0.2) is 11.6 Å².